The number of nitro groups is 1. The fraction of sp³-hybridized carbons (Fsp3) is 0.143. The number of carbonyl (C=O) groups is 1. The molecule has 0 aliphatic heterocycles. The first-order chi connectivity index (χ1) is 14.3. The molecule has 0 unspecified atom stereocenters. The number of nitro benzene ring substituents is 1. The number of hydrogen-bond acceptors (Lipinski definition) is 5. The molecule has 8 nitrogen and oxygen atoms in total. The van der Waals surface area contributed by atoms with Crippen LogP contribution in [0.15, 0.2) is 53.6 Å². The molecule has 0 atom stereocenters. The summed E-state index contributed by atoms with van der Waals surface area (Å²) in [5.41, 5.74) is 6.19. The zero-order valence-corrected chi connectivity index (χ0v) is 18.7. The van der Waals surface area contributed by atoms with Crippen molar-refractivity contribution in [3.63, 3.8) is 0 Å². The maximum Gasteiger partial charge on any atom is 0.271 e. The van der Waals surface area contributed by atoms with Crippen LogP contribution in [-0.4, -0.2) is 28.7 Å². The molecule has 0 aliphatic carbocycles. The fourth-order valence-corrected chi connectivity index (χ4v) is 3.64. The number of non-ortho nitro benzene ring substituents is 1. The summed E-state index contributed by atoms with van der Waals surface area (Å²) >= 11 is 2.13. The van der Waals surface area contributed by atoms with Crippen LogP contribution >= 0.6 is 22.6 Å². The van der Waals surface area contributed by atoms with Gasteiger partial charge >= 0.3 is 0 Å². The minimum Gasteiger partial charge on any atom is -0.496 e. The van der Waals surface area contributed by atoms with E-state index in [-0.39, 0.29) is 11.6 Å². The van der Waals surface area contributed by atoms with Gasteiger partial charge in [0.15, 0.2) is 0 Å². The van der Waals surface area contributed by atoms with Crippen molar-refractivity contribution in [3.05, 3.63) is 84.7 Å². The number of methoxy groups -OCH3 is 1. The molecule has 0 aliphatic rings. The van der Waals surface area contributed by atoms with E-state index in [9.17, 15) is 14.9 Å². The Bertz CT molecular complexity index is 1150. The predicted octanol–water partition coefficient (Wildman–Crippen LogP) is 4.38. The molecule has 0 spiro atoms. The van der Waals surface area contributed by atoms with Gasteiger partial charge in [-0.05, 0) is 66.8 Å². The van der Waals surface area contributed by atoms with E-state index in [0.717, 1.165) is 20.5 Å². The SMILES string of the molecule is COc1cc(C(=O)N/N=C\c2cc(C)n(-c3cccc([N+](=O)[O-])c3)c2C)ccc1I. The van der Waals surface area contributed by atoms with Crippen molar-refractivity contribution in [2.45, 2.75) is 13.8 Å². The summed E-state index contributed by atoms with van der Waals surface area (Å²) in [6.07, 6.45) is 1.55. The lowest BCUT2D eigenvalue weighted by molar-refractivity contribution is -0.384. The monoisotopic (exact) mass is 518 g/mol. The van der Waals surface area contributed by atoms with E-state index in [1.807, 2.05) is 24.5 Å². The highest BCUT2D eigenvalue weighted by Gasteiger charge is 2.13. The van der Waals surface area contributed by atoms with Gasteiger partial charge < -0.3 is 9.30 Å². The van der Waals surface area contributed by atoms with Crippen molar-refractivity contribution in [2.24, 2.45) is 5.10 Å². The van der Waals surface area contributed by atoms with Gasteiger partial charge in [-0.3, -0.25) is 14.9 Å². The first-order valence-electron chi connectivity index (χ1n) is 8.92. The Balaban J connectivity index is 1.80. The molecule has 0 saturated heterocycles. The number of benzene rings is 2. The highest BCUT2D eigenvalue weighted by Crippen LogP contribution is 2.23. The average molecular weight is 518 g/mol. The first kappa shape index (κ1) is 21.5. The van der Waals surface area contributed by atoms with Crippen molar-refractivity contribution in [2.75, 3.05) is 7.11 Å². The van der Waals surface area contributed by atoms with Crippen LogP contribution < -0.4 is 10.2 Å². The quantitative estimate of drug-likeness (QED) is 0.227. The van der Waals surface area contributed by atoms with Crippen molar-refractivity contribution < 1.29 is 14.5 Å². The number of ether oxygens (including phenoxy) is 1. The van der Waals surface area contributed by atoms with E-state index in [4.69, 9.17) is 4.74 Å². The van der Waals surface area contributed by atoms with Crippen LogP contribution in [0, 0.1) is 27.5 Å². The zero-order chi connectivity index (χ0) is 21.8. The van der Waals surface area contributed by atoms with Crippen LogP contribution in [0.25, 0.3) is 5.69 Å². The second kappa shape index (κ2) is 9.08. The van der Waals surface area contributed by atoms with E-state index in [2.05, 4.69) is 33.1 Å². The van der Waals surface area contributed by atoms with E-state index >= 15 is 0 Å². The standard InChI is InChI=1S/C21H19IN4O4/c1-13-9-16(14(2)25(13)17-5-4-6-18(11-17)26(28)29)12-23-24-21(27)15-7-8-19(22)20(10-15)30-3/h4-12H,1-3H3,(H,24,27)/b23-12-. The van der Waals surface area contributed by atoms with E-state index < -0.39 is 4.92 Å². The smallest absolute Gasteiger partial charge is 0.271 e. The lowest BCUT2D eigenvalue weighted by Crippen LogP contribution is -2.17. The number of carbonyl (C=O) groups excluding carboxylic acids is 1. The van der Waals surface area contributed by atoms with Crippen molar-refractivity contribution in [1.29, 1.82) is 0 Å². The molecular weight excluding hydrogens is 499 g/mol. The van der Waals surface area contributed by atoms with Crippen LogP contribution in [0.5, 0.6) is 5.75 Å². The number of rotatable bonds is 6. The number of halogens is 1. The molecule has 1 heterocycles. The summed E-state index contributed by atoms with van der Waals surface area (Å²) in [5.74, 6) is 0.265. The Kier molecular flexibility index (Phi) is 6.50. The number of aromatic nitrogens is 1. The second-order valence-corrected chi connectivity index (χ2v) is 7.65. The van der Waals surface area contributed by atoms with E-state index in [1.165, 1.54) is 12.1 Å². The number of nitrogens with one attached hydrogen (secondary N) is 1. The van der Waals surface area contributed by atoms with Gasteiger partial charge in [0, 0.05) is 34.6 Å². The van der Waals surface area contributed by atoms with Crippen molar-refractivity contribution >= 4 is 40.4 Å². The molecule has 0 radical (unpaired) electrons. The minimum atomic E-state index is -0.421. The molecule has 3 aromatic rings. The Hall–Kier alpha value is -3.21. The largest absolute Gasteiger partial charge is 0.496 e. The molecule has 1 amide bonds. The van der Waals surface area contributed by atoms with Crippen LogP contribution in [-0.2, 0) is 0 Å². The second-order valence-electron chi connectivity index (χ2n) is 6.49. The number of hydrogen-bond donors (Lipinski definition) is 1. The predicted molar refractivity (Wildman–Crippen MR) is 123 cm³/mol. The van der Waals surface area contributed by atoms with Crippen molar-refractivity contribution in [3.8, 4) is 11.4 Å². The maximum absolute atomic E-state index is 12.3. The van der Waals surface area contributed by atoms with E-state index in [0.29, 0.717) is 17.0 Å². The summed E-state index contributed by atoms with van der Waals surface area (Å²) < 4.78 is 8.04. The Morgan fingerprint density at radius 3 is 2.70 bits per heavy atom. The first-order valence-corrected chi connectivity index (χ1v) is 10.0. The minimum absolute atomic E-state index is 0.0235. The fourth-order valence-electron chi connectivity index (χ4n) is 3.09. The Labute approximate surface area is 186 Å². The summed E-state index contributed by atoms with van der Waals surface area (Å²) in [7, 11) is 1.55. The number of nitrogens with zero attached hydrogens (tertiary/aromatic N) is 3. The molecule has 1 N–H and O–H groups in total. The number of aryl methyl sites for hydroxylation is 1. The van der Waals surface area contributed by atoms with Crippen LogP contribution in [0.4, 0.5) is 5.69 Å². The third-order valence-corrected chi connectivity index (χ3v) is 5.44. The van der Waals surface area contributed by atoms with Crippen LogP contribution in [0.1, 0.15) is 27.3 Å². The molecular formula is C21H19IN4O4. The molecule has 3 rings (SSSR count). The molecule has 0 bridgehead atoms. The van der Waals surface area contributed by atoms with Crippen LogP contribution in [0.3, 0.4) is 0 Å². The lowest BCUT2D eigenvalue weighted by Gasteiger charge is -2.09. The summed E-state index contributed by atoms with van der Waals surface area (Å²) in [5, 5.41) is 15.1. The molecule has 30 heavy (non-hydrogen) atoms. The molecule has 2 aromatic carbocycles. The van der Waals surface area contributed by atoms with Crippen molar-refractivity contribution in [1.82, 2.24) is 9.99 Å². The summed E-state index contributed by atoms with van der Waals surface area (Å²) in [6.45, 7) is 3.79. The number of hydrazone groups is 1. The molecule has 9 heteroatoms. The Morgan fingerprint density at radius 2 is 2.00 bits per heavy atom. The number of amides is 1. The third kappa shape index (κ3) is 4.51. The normalized spacial score (nSPS) is 10.9. The third-order valence-electron chi connectivity index (χ3n) is 4.55. The van der Waals surface area contributed by atoms with Gasteiger partial charge in [-0.2, -0.15) is 5.10 Å². The maximum atomic E-state index is 12.3. The van der Waals surface area contributed by atoms with Gasteiger partial charge in [0.25, 0.3) is 11.6 Å². The van der Waals surface area contributed by atoms with Gasteiger partial charge in [0.1, 0.15) is 5.75 Å². The lowest BCUT2D eigenvalue weighted by atomic mass is 10.2. The van der Waals surface area contributed by atoms with Gasteiger partial charge in [0.05, 0.1) is 27.5 Å². The summed E-state index contributed by atoms with van der Waals surface area (Å²) in [6, 6.07) is 13.5. The van der Waals surface area contributed by atoms with Crippen LogP contribution in [0.2, 0.25) is 0 Å². The van der Waals surface area contributed by atoms with E-state index in [1.54, 1.807) is 43.7 Å². The van der Waals surface area contributed by atoms with Gasteiger partial charge in [-0.1, -0.05) is 6.07 Å². The molecule has 154 valence electrons. The molecule has 0 fully saturated rings. The average Bonchev–Trinajstić information content (AvgIpc) is 3.01. The highest BCUT2D eigenvalue weighted by molar-refractivity contribution is 14.1. The highest BCUT2D eigenvalue weighted by atomic mass is 127. The van der Waals surface area contributed by atoms with Gasteiger partial charge in [-0.25, -0.2) is 5.43 Å². The van der Waals surface area contributed by atoms with Gasteiger partial charge in [-0.15, -0.1) is 0 Å². The molecule has 0 saturated carbocycles. The summed E-state index contributed by atoms with van der Waals surface area (Å²) in [4.78, 5) is 23.0. The van der Waals surface area contributed by atoms with Gasteiger partial charge in [0.2, 0.25) is 0 Å². The zero-order valence-electron chi connectivity index (χ0n) is 16.5. The Morgan fingerprint density at radius 1 is 1.23 bits per heavy atom. The molecule has 1 aromatic heterocycles. The topological polar surface area (TPSA) is 98.8 Å².